The fraction of sp³-hybridized carbons (Fsp3) is 0.294. The number of anilines is 1. The molecule has 0 saturated carbocycles. The van der Waals surface area contributed by atoms with Crippen LogP contribution in [-0.2, 0) is 10.0 Å². The highest BCUT2D eigenvalue weighted by molar-refractivity contribution is 7.89. The molecule has 27 heavy (non-hydrogen) atoms. The third-order valence-corrected chi connectivity index (χ3v) is 7.29. The predicted molar refractivity (Wildman–Crippen MR) is 105 cm³/mol. The van der Waals surface area contributed by atoms with E-state index in [2.05, 4.69) is 0 Å². The summed E-state index contributed by atoms with van der Waals surface area (Å²) in [6.45, 7) is 3.12. The minimum Gasteiger partial charge on any atom is -0.369 e. The Morgan fingerprint density at radius 3 is 2.26 bits per heavy atom. The number of hydrogen-bond acceptors (Lipinski definition) is 5. The maximum atomic E-state index is 13.0. The Morgan fingerprint density at radius 2 is 1.67 bits per heavy atom. The Balaban J connectivity index is 1.80. The van der Waals surface area contributed by atoms with Crippen LogP contribution in [0.15, 0.2) is 41.3 Å². The zero-order valence-electron chi connectivity index (χ0n) is 14.4. The first-order valence-corrected chi connectivity index (χ1v) is 10.3. The van der Waals surface area contributed by atoms with Crippen molar-refractivity contribution in [3.63, 3.8) is 0 Å². The fourth-order valence-electron chi connectivity index (χ4n) is 2.99. The maximum absolute atomic E-state index is 13.0. The van der Waals surface area contributed by atoms with E-state index in [1.165, 1.54) is 16.4 Å². The van der Waals surface area contributed by atoms with E-state index in [0.717, 1.165) is 11.8 Å². The number of hydrogen-bond donors (Lipinski definition) is 0. The summed E-state index contributed by atoms with van der Waals surface area (Å²) in [5, 5.41) is 11.9. The van der Waals surface area contributed by atoms with Gasteiger partial charge in [0.15, 0.2) is 0 Å². The predicted octanol–water partition coefficient (Wildman–Crippen LogP) is 3.72. The Labute approximate surface area is 167 Å². The number of aryl methyl sites for hydroxylation is 1. The van der Waals surface area contributed by atoms with Crippen molar-refractivity contribution < 1.29 is 13.3 Å². The minimum atomic E-state index is -3.81. The van der Waals surface area contributed by atoms with Crippen molar-refractivity contribution in [2.75, 3.05) is 31.1 Å². The Kier molecular flexibility index (Phi) is 5.62. The standard InChI is InChI=1S/C17H17Cl2N3O4S/c1-12-2-3-14(22(23)24)11-17(12)27(25,26)21-8-6-20(7-9-21)13-4-5-15(18)16(19)10-13/h2-5,10-11H,6-9H2,1H3. The lowest BCUT2D eigenvalue weighted by Crippen LogP contribution is -2.48. The number of nitro benzene ring substituents is 1. The molecule has 1 aliphatic rings. The van der Waals surface area contributed by atoms with E-state index in [4.69, 9.17) is 23.2 Å². The van der Waals surface area contributed by atoms with Crippen molar-refractivity contribution >= 4 is 44.6 Å². The summed E-state index contributed by atoms with van der Waals surface area (Å²) in [4.78, 5) is 12.4. The van der Waals surface area contributed by atoms with E-state index in [-0.39, 0.29) is 23.7 Å². The van der Waals surface area contributed by atoms with Gasteiger partial charge in [-0.05, 0) is 30.7 Å². The fourth-order valence-corrected chi connectivity index (χ4v) is 4.95. The van der Waals surface area contributed by atoms with E-state index in [1.807, 2.05) is 11.0 Å². The third kappa shape index (κ3) is 4.03. The van der Waals surface area contributed by atoms with Crippen LogP contribution in [0.2, 0.25) is 10.0 Å². The largest absolute Gasteiger partial charge is 0.369 e. The van der Waals surface area contributed by atoms with E-state index in [1.54, 1.807) is 19.1 Å². The van der Waals surface area contributed by atoms with Crippen LogP contribution in [0.25, 0.3) is 0 Å². The van der Waals surface area contributed by atoms with Gasteiger partial charge < -0.3 is 4.90 Å². The number of rotatable bonds is 4. The first-order valence-electron chi connectivity index (χ1n) is 8.15. The van der Waals surface area contributed by atoms with Crippen LogP contribution in [0.4, 0.5) is 11.4 Å². The molecule has 0 aromatic heterocycles. The van der Waals surface area contributed by atoms with Crippen LogP contribution in [-0.4, -0.2) is 43.8 Å². The normalized spacial score (nSPS) is 15.7. The van der Waals surface area contributed by atoms with Gasteiger partial charge >= 0.3 is 0 Å². The van der Waals surface area contributed by atoms with E-state index >= 15 is 0 Å². The first-order chi connectivity index (χ1) is 12.7. The molecule has 7 nitrogen and oxygen atoms in total. The van der Waals surface area contributed by atoms with Crippen molar-refractivity contribution in [2.24, 2.45) is 0 Å². The Hall–Kier alpha value is -1.87. The van der Waals surface area contributed by atoms with Gasteiger partial charge in [0, 0.05) is 44.0 Å². The molecule has 1 saturated heterocycles. The van der Waals surface area contributed by atoms with Crippen LogP contribution in [0, 0.1) is 17.0 Å². The molecule has 1 heterocycles. The monoisotopic (exact) mass is 429 g/mol. The summed E-state index contributed by atoms with van der Waals surface area (Å²) in [5.74, 6) is 0. The highest BCUT2D eigenvalue weighted by Gasteiger charge is 2.31. The number of nitro groups is 1. The number of piperazine rings is 1. The molecule has 10 heteroatoms. The molecule has 1 aliphatic heterocycles. The molecule has 2 aromatic carbocycles. The molecule has 0 radical (unpaired) electrons. The van der Waals surface area contributed by atoms with Gasteiger partial charge in [0.05, 0.1) is 19.9 Å². The molecule has 0 aliphatic carbocycles. The second-order valence-corrected chi connectivity index (χ2v) is 8.92. The SMILES string of the molecule is Cc1ccc([N+](=O)[O-])cc1S(=O)(=O)N1CCN(c2ccc(Cl)c(Cl)c2)CC1. The highest BCUT2D eigenvalue weighted by Crippen LogP contribution is 2.29. The molecule has 0 bridgehead atoms. The second kappa shape index (κ2) is 7.63. The van der Waals surface area contributed by atoms with Crippen LogP contribution < -0.4 is 4.90 Å². The van der Waals surface area contributed by atoms with Gasteiger partial charge in [-0.25, -0.2) is 8.42 Å². The lowest BCUT2D eigenvalue weighted by molar-refractivity contribution is -0.385. The Bertz CT molecular complexity index is 990. The summed E-state index contributed by atoms with van der Waals surface area (Å²) >= 11 is 12.0. The quantitative estimate of drug-likeness (QED) is 0.545. The molecular formula is C17H17Cl2N3O4S. The molecule has 3 rings (SSSR count). The maximum Gasteiger partial charge on any atom is 0.270 e. The third-order valence-electron chi connectivity index (χ3n) is 4.51. The summed E-state index contributed by atoms with van der Waals surface area (Å²) in [7, 11) is -3.81. The van der Waals surface area contributed by atoms with Crippen molar-refractivity contribution in [3.05, 3.63) is 62.1 Å². The van der Waals surface area contributed by atoms with Crippen molar-refractivity contribution in [2.45, 2.75) is 11.8 Å². The van der Waals surface area contributed by atoms with Crippen LogP contribution >= 0.6 is 23.2 Å². The van der Waals surface area contributed by atoms with Crippen LogP contribution in [0.1, 0.15) is 5.56 Å². The van der Waals surface area contributed by atoms with Gasteiger partial charge in [0.25, 0.3) is 5.69 Å². The summed E-state index contributed by atoms with van der Waals surface area (Å²) in [6.07, 6.45) is 0. The number of sulfonamides is 1. The topological polar surface area (TPSA) is 83.8 Å². The number of non-ortho nitro benzene ring substituents is 1. The van der Waals surface area contributed by atoms with Gasteiger partial charge in [0.2, 0.25) is 10.0 Å². The van der Waals surface area contributed by atoms with Crippen molar-refractivity contribution in [1.29, 1.82) is 0 Å². The van der Waals surface area contributed by atoms with E-state index < -0.39 is 14.9 Å². The van der Waals surface area contributed by atoms with Gasteiger partial charge in [-0.3, -0.25) is 10.1 Å². The molecule has 1 fully saturated rings. The summed E-state index contributed by atoms with van der Waals surface area (Å²) in [6, 6.07) is 9.17. The minimum absolute atomic E-state index is 0.0281. The first kappa shape index (κ1) is 19.9. The zero-order valence-corrected chi connectivity index (χ0v) is 16.8. The molecule has 0 spiro atoms. The number of benzene rings is 2. The molecule has 144 valence electrons. The molecular weight excluding hydrogens is 413 g/mol. The molecule has 0 amide bonds. The van der Waals surface area contributed by atoms with E-state index in [9.17, 15) is 18.5 Å². The zero-order chi connectivity index (χ0) is 19.8. The lowest BCUT2D eigenvalue weighted by Gasteiger charge is -2.35. The lowest BCUT2D eigenvalue weighted by atomic mass is 10.2. The second-order valence-electron chi connectivity index (χ2n) is 6.20. The van der Waals surface area contributed by atoms with Crippen molar-refractivity contribution in [3.8, 4) is 0 Å². The Morgan fingerprint density at radius 1 is 1.00 bits per heavy atom. The van der Waals surface area contributed by atoms with Crippen LogP contribution in [0.3, 0.4) is 0 Å². The van der Waals surface area contributed by atoms with Gasteiger partial charge in [-0.15, -0.1) is 0 Å². The molecule has 2 aromatic rings. The van der Waals surface area contributed by atoms with Crippen molar-refractivity contribution in [1.82, 2.24) is 4.31 Å². The average Bonchev–Trinajstić information content (AvgIpc) is 2.64. The molecule has 0 atom stereocenters. The van der Waals surface area contributed by atoms with E-state index in [0.29, 0.717) is 28.7 Å². The van der Waals surface area contributed by atoms with Crippen LogP contribution in [0.5, 0.6) is 0 Å². The number of halogens is 2. The summed E-state index contributed by atoms with van der Waals surface area (Å²) in [5.41, 5.74) is 1.11. The average molecular weight is 430 g/mol. The molecule has 0 unspecified atom stereocenters. The van der Waals surface area contributed by atoms with Gasteiger partial charge in [-0.1, -0.05) is 29.3 Å². The van der Waals surface area contributed by atoms with Gasteiger partial charge in [0.1, 0.15) is 0 Å². The summed E-state index contributed by atoms with van der Waals surface area (Å²) < 4.78 is 27.3. The van der Waals surface area contributed by atoms with Gasteiger partial charge in [-0.2, -0.15) is 4.31 Å². The highest BCUT2D eigenvalue weighted by atomic mass is 35.5. The number of nitrogens with zero attached hydrogens (tertiary/aromatic N) is 3. The smallest absolute Gasteiger partial charge is 0.270 e. The molecule has 0 N–H and O–H groups in total.